The van der Waals surface area contributed by atoms with Gasteiger partial charge in [0, 0.05) is 23.1 Å². The van der Waals surface area contributed by atoms with Crippen LogP contribution in [-0.2, 0) is 4.74 Å². The highest BCUT2D eigenvalue weighted by atomic mass is 32.1. The van der Waals surface area contributed by atoms with Crippen molar-refractivity contribution in [3.63, 3.8) is 0 Å². The zero-order chi connectivity index (χ0) is 17.8. The monoisotopic (exact) mass is 368 g/mol. The summed E-state index contributed by atoms with van der Waals surface area (Å²) in [4.78, 5) is 18.5. The van der Waals surface area contributed by atoms with E-state index in [0.29, 0.717) is 18.0 Å². The van der Waals surface area contributed by atoms with Crippen molar-refractivity contribution in [1.82, 2.24) is 10.3 Å². The minimum Gasteiger partial charge on any atom is -0.489 e. The van der Waals surface area contributed by atoms with Gasteiger partial charge in [0.2, 0.25) is 0 Å². The highest BCUT2D eigenvalue weighted by Gasteiger charge is 2.20. The molecule has 1 fully saturated rings. The van der Waals surface area contributed by atoms with Crippen molar-refractivity contribution in [2.75, 3.05) is 19.8 Å². The van der Waals surface area contributed by atoms with E-state index >= 15 is 0 Å². The number of fused-ring (bicyclic) bond motifs is 1. The molecule has 5 nitrogen and oxygen atoms in total. The maximum atomic E-state index is 12.3. The van der Waals surface area contributed by atoms with Crippen LogP contribution in [0.5, 0.6) is 5.75 Å². The Kier molecular flexibility index (Phi) is 5.13. The summed E-state index contributed by atoms with van der Waals surface area (Å²) in [5.74, 6) is 0.660. The molecule has 1 aromatic carbocycles. The molecule has 1 aliphatic rings. The lowest BCUT2D eigenvalue weighted by Crippen LogP contribution is -2.27. The predicted molar refractivity (Wildman–Crippen MR) is 102 cm³/mol. The Hall–Kier alpha value is -2.44. The minimum absolute atomic E-state index is 0.0705. The highest BCUT2D eigenvalue weighted by Crippen LogP contribution is 2.33. The average molecular weight is 368 g/mol. The van der Waals surface area contributed by atoms with E-state index in [0.717, 1.165) is 41.0 Å². The van der Waals surface area contributed by atoms with Crippen LogP contribution in [0.3, 0.4) is 0 Å². The summed E-state index contributed by atoms with van der Waals surface area (Å²) in [7, 11) is 0. The number of carbonyl (C=O) groups is 1. The molecule has 0 saturated carbocycles. The Bertz CT molecular complexity index is 897. The van der Waals surface area contributed by atoms with Crippen LogP contribution in [-0.4, -0.2) is 30.6 Å². The number of hydrogen-bond acceptors (Lipinski definition) is 5. The first-order valence-electron chi connectivity index (χ1n) is 8.77. The van der Waals surface area contributed by atoms with E-state index in [1.54, 1.807) is 6.20 Å². The van der Waals surface area contributed by atoms with Gasteiger partial charge in [0.15, 0.2) is 0 Å². The zero-order valence-corrected chi connectivity index (χ0v) is 15.1. The first-order chi connectivity index (χ1) is 12.8. The van der Waals surface area contributed by atoms with Crippen molar-refractivity contribution in [3.8, 4) is 5.75 Å². The molecule has 3 heterocycles. The number of hydrogen-bond donors (Lipinski definition) is 1. The number of aromatic nitrogens is 1. The van der Waals surface area contributed by atoms with Gasteiger partial charge in [-0.2, -0.15) is 0 Å². The fourth-order valence-corrected chi connectivity index (χ4v) is 4.06. The summed E-state index contributed by atoms with van der Waals surface area (Å²) in [5, 5.41) is 3.94. The lowest BCUT2D eigenvalue weighted by molar-refractivity contribution is 0.0951. The van der Waals surface area contributed by atoms with Crippen molar-refractivity contribution in [1.29, 1.82) is 0 Å². The van der Waals surface area contributed by atoms with Crippen molar-refractivity contribution in [3.05, 3.63) is 58.4 Å². The fraction of sp³-hybridized carbons (Fsp3) is 0.300. The van der Waals surface area contributed by atoms with Gasteiger partial charge in [-0.05, 0) is 37.1 Å². The normalized spacial score (nSPS) is 16.7. The largest absolute Gasteiger partial charge is 0.489 e. The molecule has 1 atom stereocenters. The van der Waals surface area contributed by atoms with Crippen LogP contribution in [0.1, 0.15) is 33.5 Å². The second-order valence-electron chi connectivity index (χ2n) is 6.14. The number of thiophene rings is 1. The molecule has 1 aliphatic heterocycles. The molecule has 2 aromatic heterocycles. The lowest BCUT2D eigenvalue weighted by atomic mass is 10.2. The van der Waals surface area contributed by atoms with Crippen molar-refractivity contribution in [2.45, 2.75) is 18.9 Å². The van der Waals surface area contributed by atoms with Gasteiger partial charge in [-0.3, -0.25) is 9.78 Å². The summed E-state index contributed by atoms with van der Waals surface area (Å²) >= 11 is 1.51. The molecular weight excluding hydrogens is 348 g/mol. The third-order valence-electron chi connectivity index (χ3n) is 4.34. The molecule has 134 valence electrons. The molecule has 26 heavy (non-hydrogen) atoms. The quantitative estimate of drug-likeness (QED) is 0.669. The lowest BCUT2D eigenvalue weighted by Gasteiger charge is -2.09. The second kappa shape index (κ2) is 7.85. The number of para-hydroxylation sites is 1. The molecule has 1 amide bonds. The summed E-state index contributed by atoms with van der Waals surface area (Å²) in [6.07, 6.45) is 4.03. The van der Waals surface area contributed by atoms with E-state index in [-0.39, 0.29) is 12.0 Å². The fourth-order valence-electron chi connectivity index (χ4n) is 3.06. The van der Waals surface area contributed by atoms with Gasteiger partial charge < -0.3 is 14.8 Å². The minimum atomic E-state index is -0.0705. The van der Waals surface area contributed by atoms with Gasteiger partial charge in [0.05, 0.1) is 17.5 Å². The maximum absolute atomic E-state index is 12.3. The van der Waals surface area contributed by atoms with E-state index in [2.05, 4.69) is 10.3 Å². The van der Waals surface area contributed by atoms with Gasteiger partial charge in [-0.25, -0.2) is 0 Å². The van der Waals surface area contributed by atoms with Crippen LogP contribution in [0.4, 0.5) is 0 Å². The smallest absolute Gasteiger partial charge is 0.261 e. The molecule has 1 saturated heterocycles. The van der Waals surface area contributed by atoms with Crippen LogP contribution >= 0.6 is 11.3 Å². The first kappa shape index (κ1) is 17.0. The number of benzene rings is 1. The number of amides is 1. The van der Waals surface area contributed by atoms with Crippen LogP contribution in [0.2, 0.25) is 0 Å². The third kappa shape index (κ3) is 3.71. The SMILES string of the molecule is O=C(NCCOc1cccc2cccnc12)c1ccc(C2CCCO2)s1. The second-order valence-corrected chi connectivity index (χ2v) is 7.25. The zero-order valence-electron chi connectivity index (χ0n) is 14.3. The number of ether oxygens (including phenoxy) is 2. The molecular formula is C20H20N2O3S. The molecule has 0 aliphatic carbocycles. The Morgan fingerprint density at radius 2 is 2.19 bits per heavy atom. The van der Waals surface area contributed by atoms with Crippen LogP contribution < -0.4 is 10.1 Å². The standard InChI is InChI=1S/C20H20N2O3S/c23-20(18-9-8-17(26-18)15-7-3-12-24-15)22-11-13-25-16-6-1-4-14-5-2-10-21-19(14)16/h1-2,4-6,8-10,15H,3,7,11-13H2,(H,22,23). The number of pyridine rings is 1. The van der Waals surface area contributed by atoms with Gasteiger partial charge in [0.1, 0.15) is 17.9 Å². The van der Waals surface area contributed by atoms with Crippen molar-refractivity contribution >= 4 is 28.1 Å². The summed E-state index contributed by atoms with van der Waals surface area (Å²) < 4.78 is 11.5. The molecule has 0 spiro atoms. The average Bonchev–Trinajstić information content (AvgIpc) is 3.36. The van der Waals surface area contributed by atoms with Crippen LogP contribution in [0, 0.1) is 0 Å². The molecule has 4 rings (SSSR count). The third-order valence-corrected chi connectivity index (χ3v) is 5.51. The number of nitrogens with one attached hydrogen (secondary N) is 1. The van der Waals surface area contributed by atoms with E-state index in [1.807, 2.05) is 42.5 Å². The van der Waals surface area contributed by atoms with Crippen LogP contribution in [0.25, 0.3) is 10.9 Å². The Morgan fingerprint density at radius 3 is 3.08 bits per heavy atom. The molecule has 0 bridgehead atoms. The predicted octanol–water partition coefficient (Wildman–Crippen LogP) is 3.96. The highest BCUT2D eigenvalue weighted by molar-refractivity contribution is 7.14. The summed E-state index contributed by atoms with van der Waals surface area (Å²) in [6.45, 7) is 1.64. The van der Waals surface area contributed by atoms with Gasteiger partial charge in [0.25, 0.3) is 5.91 Å². The van der Waals surface area contributed by atoms with E-state index in [4.69, 9.17) is 9.47 Å². The van der Waals surface area contributed by atoms with Crippen molar-refractivity contribution < 1.29 is 14.3 Å². The molecule has 3 aromatic rings. The van der Waals surface area contributed by atoms with Crippen LogP contribution in [0.15, 0.2) is 48.7 Å². The molecule has 1 unspecified atom stereocenters. The summed E-state index contributed by atoms with van der Waals surface area (Å²) in [6, 6.07) is 13.6. The van der Waals surface area contributed by atoms with Gasteiger partial charge >= 0.3 is 0 Å². The maximum Gasteiger partial charge on any atom is 0.261 e. The Labute approximate surface area is 156 Å². The summed E-state index contributed by atoms with van der Waals surface area (Å²) in [5.41, 5.74) is 0.834. The van der Waals surface area contributed by atoms with Gasteiger partial charge in [-0.15, -0.1) is 11.3 Å². The Balaban J connectivity index is 1.30. The van der Waals surface area contributed by atoms with Gasteiger partial charge in [-0.1, -0.05) is 18.2 Å². The number of rotatable bonds is 6. The number of carbonyl (C=O) groups excluding carboxylic acids is 1. The van der Waals surface area contributed by atoms with E-state index in [9.17, 15) is 4.79 Å². The van der Waals surface area contributed by atoms with E-state index < -0.39 is 0 Å². The topological polar surface area (TPSA) is 60.5 Å². The molecule has 0 radical (unpaired) electrons. The molecule has 1 N–H and O–H groups in total. The van der Waals surface area contributed by atoms with Crippen molar-refractivity contribution in [2.24, 2.45) is 0 Å². The first-order valence-corrected chi connectivity index (χ1v) is 9.59. The van der Waals surface area contributed by atoms with E-state index in [1.165, 1.54) is 11.3 Å². The number of nitrogens with zero attached hydrogens (tertiary/aromatic N) is 1. The Morgan fingerprint density at radius 1 is 1.27 bits per heavy atom. The molecule has 6 heteroatoms.